The highest BCUT2D eigenvalue weighted by Gasteiger charge is 2.06. The number of methoxy groups -OCH3 is 1. The van der Waals surface area contributed by atoms with Crippen molar-refractivity contribution >= 4 is 22.6 Å². The van der Waals surface area contributed by atoms with Gasteiger partial charge in [-0.3, -0.25) is 0 Å². The van der Waals surface area contributed by atoms with Gasteiger partial charge in [0.05, 0.1) is 7.11 Å². The molecule has 0 saturated heterocycles. The predicted octanol–water partition coefficient (Wildman–Crippen LogP) is 1.90. The molecule has 0 unspecified atom stereocenters. The summed E-state index contributed by atoms with van der Waals surface area (Å²) in [6, 6.07) is 3.04. The standard InChI is InChI=1S/C8H9FINO/c1-12-8-3-6(9)7(10)2-5(8)4-11/h2-3H,4,11H2,1H3. The number of nitrogens with two attached hydrogens (primary N) is 1. The van der Waals surface area contributed by atoms with Gasteiger partial charge in [0.15, 0.2) is 0 Å². The van der Waals surface area contributed by atoms with Crippen LogP contribution in [0.25, 0.3) is 0 Å². The van der Waals surface area contributed by atoms with Crippen LogP contribution in [0.2, 0.25) is 0 Å². The van der Waals surface area contributed by atoms with E-state index >= 15 is 0 Å². The van der Waals surface area contributed by atoms with Gasteiger partial charge in [0.2, 0.25) is 0 Å². The molecule has 0 radical (unpaired) electrons. The van der Waals surface area contributed by atoms with E-state index in [1.54, 1.807) is 6.07 Å². The van der Waals surface area contributed by atoms with Crippen LogP contribution in [-0.4, -0.2) is 7.11 Å². The Kier molecular flexibility index (Phi) is 3.28. The molecule has 0 amide bonds. The van der Waals surface area contributed by atoms with Crippen LogP contribution in [0.15, 0.2) is 12.1 Å². The van der Waals surface area contributed by atoms with Crippen LogP contribution in [0.3, 0.4) is 0 Å². The van der Waals surface area contributed by atoms with E-state index in [2.05, 4.69) is 0 Å². The largest absolute Gasteiger partial charge is 0.496 e. The van der Waals surface area contributed by atoms with E-state index in [0.717, 1.165) is 5.56 Å². The van der Waals surface area contributed by atoms with Gasteiger partial charge in [0.25, 0.3) is 0 Å². The van der Waals surface area contributed by atoms with Crippen LogP contribution in [-0.2, 0) is 6.54 Å². The zero-order valence-corrected chi connectivity index (χ0v) is 8.76. The molecular weight excluding hydrogens is 272 g/mol. The maximum atomic E-state index is 13.0. The van der Waals surface area contributed by atoms with Crippen LogP contribution in [0.5, 0.6) is 5.75 Å². The van der Waals surface area contributed by atoms with Crippen molar-refractivity contribution in [3.8, 4) is 5.75 Å². The molecule has 0 aliphatic rings. The number of benzene rings is 1. The zero-order chi connectivity index (χ0) is 9.14. The Balaban J connectivity index is 3.19. The minimum Gasteiger partial charge on any atom is -0.496 e. The summed E-state index contributed by atoms with van der Waals surface area (Å²) >= 11 is 1.92. The summed E-state index contributed by atoms with van der Waals surface area (Å²) in [4.78, 5) is 0. The second-order valence-corrected chi connectivity index (χ2v) is 3.44. The summed E-state index contributed by atoms with van der Waals surface area (Å²) in [6.45, 7) is 0.361. The van der Waals surface area contributed by atoms with Crippen LogP contribution in [0.1, 0.15) is 5.56 Å². The topological polar surface area (TPSA) is 35.2 Å². The number of halogens is 2. The van der Waals surface area contributed by atoms with Gasteiger partial charge in [0, 0.05) is 21.7 Å². The Hall–Kier alpha value is -0.360. The minimum atomic E-state index is -0.273. The van der Waals surface area contributed by atoms with Crippen LogP contribution in [0, 0.1) is 9.39 Å². The molecule has 0 spiro atoms. The number of hydrogen-bond acceptors (Lipinski definition) is 2. The van der Waals surface area contributed by atoms with E-state index in [1.165, 1.54) is 13.2 Å². The first-order valence-corrected chi connectivity index (χ1v) is 4.49. The van der Waals surface area contributed by atoms with Crippen molar-refractivity contribution in [2.45, 2.75) is 6.54 Å². The Morgan fingerprint density at radius 3 is 2.75 bits per heavy atom. The van der Waals surface area contributed by atoms with E-state index in [0.29, 0.717) is 15.9 Å². The fraction of sp³-hybridized carbons (Fsp3) is 0.250. The highest BCUT2D eigenvalue weighted by Crippen LogP contribution is 2.23. The molecule has 0 aliphatic heterocycles. The molecule has 4 heteroatoms. The van der Waals surface area contributed by atoms with Gasteiger partial charge in [0.1, 0.15) is 11.6 Å². The first-order valence-electron chi connectivity index (χ1n) is 3.41. The summed E-state index contributed by atoms with van der Waals surface area (Å²) in [7, 11) is 1.50. The van der Waals surface area contributed by atoms with Gasteiger partial charge in [-0.1, -0.05) is 0 Å². The average Bonchev–Trinajstić information content (AvgIpc) is 2.09. The van der Waals surface area contributed by atoms with E-state index in [4.69, 9.17) is 10.5 Å². The molecule has 0 saturated carbocycles. The molecule has 1 aromatic carbocycles. The van der Waals surface area contributed by atoms with Gasteiger partial charge in [-0.25, -0.2) is 4.39 Å². The third-order valence-corrected chi connectivity index (χ3v) is 2.37. The Morgan fingerprint density at radius 2 is 2.25 bits per heavy atom. The molecule has 0 fully saturated rings. The lowest BCUT2D eigenvalue weighted by Crippen LogP contribution is -2.01. The molecule has 0 atom stereocenters. The van der Waals surface area contributed by atoms with E-state index in [-0.39, 0.29) is 5.82 Å². The third kappa shape index (κ3) is 1.87. The van der Waals surface area contributed by atoms with Crippen molar-refractivity contribution in [1.29, 1.82) is 0 Å². The second kappa shape index (κ2) is 4.04. The Morgan fingerprint density at radius 1 is 1.58 bits per heavy atom. The van der Waals surface area contributed by atoms with Crippen molar-refractivity contribution in [2.75, 3.05) is 7.11 Å². The van der Waals surface area contributed by atoms with Crippen molar-refractivity contribution in [3.63, 3.8) is 0 Å². The molecule has 1 aromatic rings. The van der Waals surface area contributed by atoms with Crippen molar-refractivity contribution in [3.05, 3.63) is 27.1 Å². The highest BCUT2D eigenvalue weighted by molar-refractivity contribution is 14.1. The fourth-order valence-electron chi connectivity index (χ4n) is 0.919. The van der Waals surface area contributed by atoms with Crippen LogP contribution < -0.4 is 10.5 Å². The number of rotatable bonds is 2. The smallest absolute Gasteiger partial charge is 0.140 e. The van der Waals surface area contributed by atoms with Crippen LogP contribution in [0.4, 0.5) is 4.39 Å². The lowest BCUT2D eigenvalue weighted by molar-refractivity contribution is 0.406. The van der Waals surface area contributed by atoms with E-state index in [1.807, 2.05) is 22.6 Å². The van der Waals surface area contributed by atoms with Gasteiger partial charge in [-0.05, 0) is 28.7 Å². The van der Waals surface area contributed by atoms with Crippen molar-refractivity contribution in [2.24, 2.45) is 5.73 Å². The summed E-state index contributed by atoms with van der Waals surface area (Å²) in [5, 5.41) is 0. The Bertz CT molecular complexity index is 262. The number of hydrogen-bond donors (Lipinski definition) is 1. The molecule has 66 valence electrons. The molecule has 2 nitrogen and oxygen atoms in total. The van der Waals surface area contributed by atoms with E-state index in [9.17, 15) is 4.39 Å². The van der Waals surface area contributed by atoms with Gasteiger partial charge < -0.3 is 10.5 Å². The number of ether oxygens (including phenoxy) is 1. The summed E-state index contributed by atoms with van der Waals surface area (Å²) < 4.78 is 18.5. The van der Waals surface area contributed by atoms with Gasteiger partial charge >= 0.3 is 0 Å². The highest BCUT2D eigenvalue weighted by atomic mass is 127. The predicted molar refractivity (Wildman–Crippen MR) is 53.6 cm³/mol. The summed E-state index contributed by atoms with van der Waals surface area (Å²) in [5.74, 6) is 0.236. The molecule has 12 heavy (non-hydrogen) atoms. The zero-order valence-electron chi connectivity index (χ0n) is 6.60. The van der Waals surface area contributed by atoms with Crippen molar-refractivity contribution < 1.29 is 9.13 Å². The average molecular weight is 281 g/mol. The second-order valence-electron chi connectivity index (χ2n) is 2.28. The molecule has 1 rings (SSSR count). The fourth-order valence-corrected chi connectivity index (χ4v) is 1.45. The van der Waals surface area contributed by atoms with E-state index < -0.39 is 0 Å². The maximum Gasteiger partial charge on any atom is 0.140 e. The van der Waals surface area contributed by atoms with Gasteiger partial charge in [-0.2, -0.15) is 0 Å². The summed E-state index contributed by atoms with van der Waals surface area (Å²) in [6.07, 6.45) is 0. The monoisotopic (exact) mass is 281 g/mol. The van der Waals surface area contributed by atoms with Gasteiger partial charge in [-0.15, -0.1) is 0 Å². The molecule has 2 N–H and O–H groups in total. The normalized spacial score (nSPS) is 10.0. The first kappa shape index (κ1) is 9.73. The first-order chi connectivity index (χ1) is 5.69. The molecule has 0 bridgehead atoms. The maximum absolute atomic E-state index is 13.0. The molecule has 0 aliphatic carbocycles. The summed E-state index contributed by atoms with van der Waals surface area (Å²) in [5.41, 5.74) is 6.26. The minimum absolute atomic E-state index is 0.273. The quantitative estimate of drug-likeness (QED) is 0.840. The lowest BCUT2D eigenvalue weighted by atomic mass is 10.2. The third-order valence-electron chi connectivity index (χ3n) is 1.54. The lowest BCUT2D eigenvalue weighted by Gasteiger charge is -2.07. The molecule has 0 heterocycles. The molecule has 0 aromatic heterocycles. The SMILES string of the molecule is COc1cc(F)c(I)cc1CN. The molecular formula is C8H9FINO. The van der Waals surface area contributed by atoms with Crippen LogP contribution >= 0.6 is 22.6 Å². The Labute approximate surface area is 84.0 Å². The van der Waals surface area contributed by atoms with Crippen molar-refractivity contribution in [1.82, 2.24) is 0 Å².